The summed E-state index contributed by atoms with van der Waals surface area (Å²) < 4.78 is 0. The molecule has 0 aromatic carbocycles. The van der Waals surface area contributed by atoms with E-state index in [1.807, 2.05) is 6.08 Å². The lowest BCUT2D eigenvalue weighted by Gasteiger charge is -2.30. The molecule has 0 aromatic heterocycles. The highest BCUT2D eigenvalue weighted by Gasteiger charge is 2.31. The Morgan fingerprint density at radius 1 is 1.30 bits per heavy atom. The van der Waals surface area contributed by atoms with Crippen molar-refractivity contribution in [2.45, 2.75) is 12.8 Å². The summed E-state index contributed by atoms with van der Waals surface area (Å²) >= 11 is 0. The lowest BCUT2D eigenvalue weighted by atomic mass is 9.73. The molecule has 0 aromatic rings. The molecular formula is C9H10O. The summed E-state index contributed by atoms with van der Waals surface area (Å²) in [5.41, 5.74) is 1.24. The lowest BCUT2D eigenvalue weighted by molar-refractivity contribution is -0.123. The maximum atomic E-state index is 11.1. The predicted molar refractivity (Wildman–Crippen MR) is 39.5 cm³/mol. The van der Waals surface area contributed by atoms with E-state index in [0.717, 1.165) is 6.42 Å². The van der Waals surface area contributed by atoms with E-state index in [-0.39, 0.29) is 5.92 Å². The first-order chi connectivity index (χ1) is 4.77. The molecule has 1 fully saturated rings. The second-order valence-corrected chi connectivity index (χ2v) is 3.13. The van der Waals surface area contributed by atoms with Gasteiger partial charge in [-0.3, -0.25) is 4.79 Å². The second kappa shape index (κ2) is 1.82. The number of hydrogen-bond donors (Lipinski definition) is 0. The summed E-state index contributed by atoms with van der Waals surface area (Å²) in [6.07, 6.45) is 5.77. The molecule has 52 valence electrons. The van der Waals surface area contributed by atoms with Crippen LogP contribution in [0.4, 0.5) is 0 Å². The van der Waals surface area contributed by atoms with Crippen LogP contribution in [-0.2, 0) is 4.79 Å². The largest absolute Gasteiger partial charge is 0.299 e. The van der Waals surface area contributed by atoms with Gasteiger partial charge in [0.1, 0.15) is 5.78 Å². The Morgan fingerprint density at radius 3 is 2.30 bits per heavy atom. The maximum absolute atomic E-state index is 11.1. The van der Waals surface area contributed by atoms with Crippen molar-refractivity contribution in [3.8, 4) is 0 Å². The van der Waals surface area contributed by atoms with Gasteiger partial charge in [-0.1, -0.05) is 24.3 Å². The van der Waals surface area contributed by atoms with Crippen molar-refractivity contribution in [2.75, 3.05) is 0 Å². The molecule has 2 bridgehead atoms. The van der Waals surface area contributed by atoms with Gasteiger partial charge in [0.25, 0.3) is 0 Å². The number of Topliss-reactive ketones (excluding diaryl/α,β-unsaturated/α-hetero) is 1. The van der Waals surface area contributed by atoms with Gasteiger partial charge in [0.05, 0.1) is 0 Å². The molecule has 10 heavy (non-hydrogen) atoms. The number of rotatable bonds is 0. The Labute approximate surface area is 60.4 Å². The summed E-state index contributed by atoms with van der Waals surface area (Å²) in [5.74, 6) is 0.954. The zero-order valence-electron chi connectivity index (χ0n) is 5.84. The third-order valence-electron chi connectivity index (χ3n) is 2.42. The quantitative estimate of drug-likeness (QED) is 0.461. The molecule has 1 nitrogen and oxygen atoms in total. The van der Waals surface area contributed by atoms with Crippen LogP contribution in [0.3, 0.4) is 0 Å². The van der Waals surface area contributed by atoms with E-state index >= 15 is 0 Å². The highest BCUT2D eigenvalue weighted by molar-refractivity contribution is 5.86. The number of ketones is 1. The normalized spacial score (nSPS) is 37.2. The van der Waals surface area contributed by atoms with Crippen LogP contribution in [0.1, 0.15) is 12.8 Å². The third kappa shape index (κ3) is 0.666. The van der Waals surface area contributed by atoms with Crippen molar-refractivity contribution in [2.24, 2.45) is 11.8 Å². The highest BCUT2D eigenvalue weighted by atomic mass is 16.1. The third-order valence-corrected chi connectivity index (χ3v) is 2.42. The van der Waals surface area contributed by atoms with Gasteiger partial charge in [0, 0.05) is 18.3 Å². The zero-order chi connectivity index (χ0) is 7.14. The summed E-state index contributed by atoms with van der Waals surface area (Å²) in [6, 6.07) is 0. The Kier molecular flexibility index (Phi) is 1.07. The molecule has 0 aliphatic heterocycles. The molecule has 3 aliphatic rings. The second-order valence-electron chi connectivity index (χ2n) is 3.13. The van der Waals surface area contributed by atoms with Crippen molar-refractivity contribution in [3.63, 3.8) is 0 Å². The highest BCUT2D eigenvalue weighted by Crippen LogP contribution is 2.36. The topological polar surface area (TPSA) is 17.1 Å². The lowest BCUT2D eigenvalue weighted by Crippen LogP contribution is -2.28. The van der Waals surface area contributed by atoms with Crippen molar-refractivity contribution >= 4 is 5.78 Å². The van der Waals surface area contributed by atoms with Gasteiger partial charge >= 0.3 is 0 Å². The number of hydrogen-bond acceptors (Lipinski definition) is 1. The first kappa shape index (κ1) is 5.90. The summed E-state index contributed by atoms with van der Waals surface area (Å²) in [5, 5.41) is 0. The van der Waals surface area contributed by atoms with Gasteiger partial charge in [-0.2, -0.15) is 0 Å². The smallest absolute Gasteiger partial charge is 0.140 e. The molecular weight excluding hydrogens is 124 g/mol. The van der Waals surface area contributed by atoms with Crippen LogP contribution in [0, 0.1) is 11.8 Å². The van der Waals surface area contributed by atoms with Gasteiger partial charge in [-0.15, -0.1) is 0 Å². The van der Waals surface area contributed by atoms with Crippen LogP contribution in [-0.4, -0.2) is 5.78 Å². The van der Waals surface area contributed by atoms with Gasteiger partial charge in [-0.05, 0) is 6.42 Å². The van der Waals surface area contributed by atoms with E-state index in [1.54, 1.807) is 0 Å². The van der Waals surface area contributed by atoms with Crippen molar-refractivity contribution in [1.29, 1.82) is 0 Å². The van der Waals surface area contributed by atoms with E-state index in [0.29, 0.717) is 18.1 Å². The van der Waals surface area contributed by atoms with Gasteiger partial charge in [0.15, 0.2) is 0 Å². The zero-order valence-corrected chi connectivity index (χ0v) is 5.84. The number of allylic oxidation sites excluding steroid dienone is 3. The van der Waals surface area contributed by atoms with Crippen LogP contribution >= 0.6 is 0 Å². The van der Waals surface area contributed by atoms with E-state index in [4.69, 9.17) is 0 Å². The first-order valence-electron chi connectivity index (χ1n) is 3.66. The van der Waals surface area contributed by atoms with E-state index in [9.17, 15) is 4.79 Å². The number of fused-ring (bicyclic) bond motifs is 2. The Morgan fingerprint density at radius 2 is 2.00 bits per heavy atom. The fourth-order valence-corrected chi connectivity index (χ4v) is 1.71. The van der Waals surface area contributed by atoms with Crippen molar-refractivity contribution < 1.29 is 4.79 Å². The summed E-state index contributed by atoms with van der Waals surface area (Å²) in [7, 11) is 0. The first-order valence-corrected chi connectivity index (χ1v) is 3.66. The molecule has 0 spiro atoms. The van der Waals surface area contributed by atoms with Gasteiger partial charge < -0.3 is 0 Å². The molecule has 0 N–H and O–H groups in total. The minimum atomic E-state index is 0.178. The minimum Gasteiger partial charge on any atom is -0.299 e. The van der Waals surface area contributed by atoms with Crippen molar-refractivity contribution in [3.05, 3.63) is 24.3 Å². The van der Waals surface area contributed by atoms with Crippen molar-refractivity contribution in [1.82, 2.24) is 0 Å². The van der Waals surface area contributed by atoms with E-state index in [1.165, 1.54) is 5.57 Å². The van der Waals surface area contributed by atoms with Gasteiger partial charge in [0.2, 0.25) is 0 Å². The Bertz CT molecular complexity index is 201. The number of carbonyl (C=O) groups excluding carboxylic acids is 1. The van der Waals surface area contributed by atoms with Crippen LogP contribution in [0.15, 0.2) is 24.3 Å². The molecule has 3 rings (SSSR count). The maximum Gasteiger partial charge on any atom is 0.140 e. The van der Waals surface area contributed by atoms with Gasteiger partial charge in [-0.25, -0.2) is 0 Å². The van der Waals surface area contributed by atoms with E-state index < -0.39 is 0 Å². The molecule has 0 radical (unpaired) electrons. The van der Waals surface area contributed by atoms with Crippen LogP contribution in [0.25, 0.3) is 0 Å². The standard InChI is InChI=1S/C9H10O/c1-6-4-8-3-2-7(6)5-9(8)10/h2-3,7-8H,1,4-5H2. The SMILES string of the molecule is C=C1CC2C=CC1CC2=O. The number of carbonyl (C=O) groups is 1. The average Bonchev–Trinajstić information content (AvgIpc) is 1.91. The van der Waals surface area contributed by atoms with Crippen LogP contribution < -0.4 is 0 Å². The summed E-state index contributed by atoms with van der Waals surface area (Å²) in [4.78, 5) is 11.1. The molecule has 0 heterocycles. The monoisotopic (exact) mass is 134 g/mol. The molecule has 3 aliphatic carbocycles. The minimum absolute atomic E-state index is 0.178. The molecule has 2 atom stereocenters. The molecule has 1 saturated carbocycles. The predicted octanol–water partition coefficient (Wildman–Crippen LogP) is 1.71. The van der Waals surface area contributed by atoms with E-state index in [2.05, 4.69) is 12.7 Å². The average molecular weight is 134 g/mol. The molecule has 1 heteroatoms. The molecule has 0 saturated heterocycles. The fourth-order valence-electron chi connectivity index (χ4n) is 1.71. The molecule has 2 unspecified atom stereocenters. The van der Waals surface area contributed by atoms with Crippen LogP contribution in [0.2, 0.25) is 0 Å². The summed E-state index contributed by atoms with van der Waals surface area (Å²) in [6.45, 7) is 3.93. The molecule has 0 amide bonds. The van der Waals surface area contributed by atoms with Crippen LogP contribution in [0.5, 0.6) is 0 Å². The fraction of sp³-hybridized carbons (Fsp3) is 0.444. The Hall–Kier alpha value is -0.850. The Balaban J connectivity index is 2.36.